The zero-order valence-electron chi connectivity index (χ0n) is 11.4. The van der Waals surface area contributed by atoms with Crippen molar-refractivity contribution in [3.8, 4) is 0 Å². The Hall–Kier alpha value is -1.28. The minimum Gasteiger partial charge on any atom is -0.315 e. The van der Waals surface area contributed by atoms with Crippen LogP contribution in [0.5, 0.6) is 0 Å². The van der Waals surface area contributed by atoms with Crippen molar-refractivity contribution in [2.45, 2.75) is 24.2 Å². The summed E-state index contributed by atoms with van der Waals surface area (Å²) in [6.07, 6.45) is 0. The third-order valence-electron chi connectivity index (χ3n) is 2.64. The van der Waals surface area contributed by atoms with Gasteiger partial charge in [0, 0.05) is 17.1 Å². The lowest BCUT2D eigenvalue weighted by molar-refractivity contribution is 0.582. The average molecular weight is 311 g/mol. The topological polar surface area (TPSA) is 71.1 Å². The van der Waals surface area contributed by atoms with Gasteiger partial charge < -0.3 is 5.32 Å². The predicted molar refractivity (Wildman–Crippen MR) is 80.1 cm³/mol. The molecule has 0 saturated heterocycles. The summed E-state index contributed by atoms with van der Waals surface area (Å²) in [5, 5.41) is 3.00. The maximum Gasteiger partial charge on any atom is 0.250 e. The first-order valence-corrected chi connectivity index (χ1v) is 8.47. The molecule has 0 saturated carbocycles. The van der Waals surface area contributed by atoms with Gasteiger partial charge in [0.2, 0.25) is 10.0 Å². The van der Waals surface area contributed by atoms with Crippen LogP contribution in [-0.2, 0) is 23.1 Å². The molecule has 0 unspecified atom stereocenters. The molecule has 2 aromatic rings. The van der Waals surface area contributed by atoms with E-state index in [1.807, 2.05) is 32.2 Å². The van der Waals surface area contributed by atoms with Gasteiger partial charge in [0.15, 0.2) is 0 Å². The molecule has 0 aliphatic heterocycles. The molecule has 0 radical (unpaired) electrons. The second-order valence-electron chi connectivity index (χ2n) is 4.35. The number of aryl methyl sites for hydroxylation is 1. The zero-order valence-corrected chi connectivity index (χ0v) is 13.0. The Balaban J connectivity index is 2.06. The van der Waals surface area contributed by atoms with Gasteiger partial charge in [-0.2, -0.15) is 0 Å². The van der Waals surface area contributed by atoms with Gasteiger partial charge >= 0.3 is 0 Å². The molecule has 5 nitrogen and oxygen atoms in total. The van der Waals surface area contributed by atoms with E-state index in [0.29, 0.717) is 16.4 Å². The van der Waals surface area contributed by atoms with Crippen LogP contribution in [0.25, 0.3) is 0 Å². The average Bonchev–Trinajstić information content (AvgIpc) is 2.87. The van der Waals surface area contributed by atoms with E-state index in [-0.39, 0.29) is 6.54 Å². The monoisotopic (exact) mass is 311 g/mol. The number of pyridine rings is 1. The highest BCUT2D eigenvalue weighted by atomic mass is 32.2. The number of nitrogens with one attached hydrogen (secondary N) is 2. The molecule has 0 aromatic carbocycles. The summed E-state index contributed by atoms with van der Waals surface area (Å²) in [7, 11) is -1.64. The van der Waals surface area contributed by atoms with Crippen molar-refractivity contribution < 1.29 is 8.42 Å². The number of sulfonamides is 1. The molecule has 0 fully saturated rings. The second kappa shape index (κ2) is 6.45. The maximum atomic E-state index is 12.2. The first kappa shape index (κ1) is 15.1. The first-order chi connectivity index (χ1) is 9.51. The Morgan fingerprint density at radius 3 is 2.70 bits per heavy atom. The van der Waals surface area contributed by atoms with Crippen LogP contribution < -0.4 is 10.0 Å². The fraction of sp³-hybridized carbons (Fsp3) is 0.308. The molecule has 20 heavy (non-hydrogen) atoms. The highest BCUT2D eigenvalue weighted by molar-refractivity contribution is 7.91. The van der Waals surface area contributed by atoms with E-state index in [1.54, 1.807) is 12.1 Å². The van der Waals surface area contributed by atoms with E-state index in [9.17, 15) is 8.42 Å². The Kier molecular flexibility index (Phi) is 4.87. The van der Waals surface area contributed by atoms with E-state index in [4.69, 9.17) is 0 Å². The standard InChI is InChI=1S/C13H17N3O2S2/c1-10-4-3-5-11(16-10)8-15-20(17,18)13-7-6-12(19-13)9-14-2/h3-7,14-15H,8-9H2,1-2H3. The van der Waals surface area contributed by atoms with E-state index < -0.39 is 10.0 Å². The molecular formula is C13H17N3O2S2. The lowest BCUT2D eigenvalue weighted by Gasteiger charge is -2.05. The van der Waals surface area contributed by atoms with E-state index in [2.05, 4.69) is 15.0 Å². The lowest BCUT2D eigenvalue weighted by Crippen LogP contribution is -2.23. The summed E-state index contributed by atoms with van der Waals surface area (Å²) in [5.74, 6) is 0. The Labute approximate surface area is 123 Å². The summed E-state index contributed by atoms with van der Waals surface area (Å²) in [6, 6.07) is 8.99. The van der Waals surface area contributed by atoms with Crippen LogP contribution in [0.4, 0.5) is 0 Å². The highest BCUT2D eigenvalue weighted by Crippen LogP contribution is 2.21. The quantitative estimate of drug-likeness (QED) is 0.851. The largest absolute Gasteiger partial charge is 0.315 e. The minimum atomic E-state index is -3.47. The van der Waals surface area contributed by atoms with Gasteiger partial charge in [0.1, 0.15) is 4.21 Å². The third kappa shape index (κ3) is 3.86. The van der Waals surface area contributed by atoms with Crippen LogP contribution in [0.15, 0.2) is 34.5 Å². The summed E-state index contributed by atoms with van der Waals surface area (Å²) >= 11 is 1.27. The van der Waals surface area contributed by atoms with Gasteiger partial charge in [-0.1, -0.05) is 6.07 Å². The van der Waals surface area contributed by atoms with Crippen LogP contribution in [0.1, 0.15) is 16.3 Å². The van der Waals surface area contributed by atoms with Crippen molar-refractivity contribution >= 4 is 21.4 Å². The van der Waals surface area contributed by atoms with Crippen LogP contribution in [0.2, 0.25) is 0 Å². The van der Waals surface area contributed by atoms with Gasteiger partial charge in [-0.15, -0.1) is 11.3 Å². The van der Waals surface area contributed by atoms with Crippen LogP contribution in [-0.4, -0.2) is 20.4 Å². The molecule has 2 rings (SSSR count). The van der Waals surface area contributed by atoms with Crippen LogP contribution >= 0.6 is 11.3 Å². The van der Waals surface area contributed by atoms with E-state index in [1.165, 1.54) is 11.3 Å². The molecule has 0 atom stereocenters. The highest BCUT2D eigenvalue weighted by Gasteiger charge is 2.16. The van der Waals surface area contributed by atoms with Crippen molar-refractivity contribution in [3.63, 3.8) is 0 Å². The number of aromatic nitrogens is 1. The Morgan fingerprint density at radius 1 is 1.20 bits per heavy atom. The van der Waals surface area contributed by atoms with Crippen molar-refractivity contribution in [2.24, 2.45) is 0 Å². The second-order valence-corrected chi connectivity index (χ2v) is 7.51. The molecular weight excluding hydrogens is 294 g/mol. The molecule has 7 heteroatoms. The number of hydrogen-bond donors (Lipinski definition) is 2. The van der Waals surface area contributed by atoms with E-state index >= 15 is 0 Å². The Bertz CT molecular complexity index is 680. The van der Waals surface area contributed by atoms with Gasteiger partial charge in [0.25, 0.3) is 0 Å². The summed E-state index contributed by atoms with van der Waals surface area (Å²) in [6.45, 7) is 2.74. The summed E-state index contributed by atoms with van der Waals surface area (Å²) in [5.41, 5.74) is 1.58. The lowest BCUT2D eigenvalue weighted by atomic mass is 10.3. The van der Waals surface area contributed by atoms with Crippen LogP contribution in [0.3, 0.4) is 0 Å². The molecule has 0 amide bonds. The number of nitrogens with zero attached hydrogens (tertiary/aromatic N) is 1. The van der Waals surface area contributed by atoms with Crippen LogP contribution in [0, 0.1) is 6.92 Å². The van der Waals surface area contributed by atoms with Gasteiger partial charge in [-0.3, -0.25) is 4.98 Å². The zero-order chi connectivity index (χ0) is 14.6. The molecule has 2 heterocycles. The number of rotatable bonds is 6. The Morgan fingerprint density at radius 2 is 2.00 bits per heavy atom. The minimum absolute atomic E-state index is 0.198. The fourth-order valence-electron chi connectivity index (χ4n) is 1.71. The van der Waals surface area contributed by atoms with Crippen molar-refractivity contribution in [3.05, 3.63) is 46.6 Å². The van der Waals surface area contributed by atoms with Crippen molar-refractivity contribution in [2.75, 3.05) is 7.05 Å². The maximum absolute atomic E-state index is 12.2. The van der Waals surface area contributed by atoms with Crippen molar-refractivity contribution in [1.29, 1.82) is 0 Å². The number of thiophene rings is 1. The summed E-state index contributed by atoms with van der Waals surface area (Å²) in [4.78, 5) is 5.26. The third-order valence-corrected chi connectivity index (χ3v) is 5.62. The molecule has 0 bridgehead atoms. The molecule has 2 aromatic heterocycles. The molecule has 2 N–H and O–H groups in total. The molecule has 0 aliphatic carbocycles. The first-order valence-electron chi connectivity index (χ1n) is 6.17. The van der Waals surface area contributed by atoms with E-state index in [0.717, 1.165) is 10.6 Å². The van der Waals surface area contributed by atoms with Gasteiger partial charge in [-0.05, 0) is 38.2 Å². The fourth-order valence-corrected chi connectivity index (χ4v) is 4.12. The normalized spacial score (nSPS) is 11.7. The number of hydrogen-bond acceptors (Lipinski definition) is 5. The molecule has 0 aliphatic rings. The molecule has 0 spiro atoms. The van der Waals surface area contributed by atoms with Gasteiger partial charge in [-0.25, -0.2) is 13.1 Å². The SMILES string of the molecule is CNCc1ccc(S(=O)(=O)NCc2cccc(C)n2)s1. The molecule has 108 valence electrons. The smallest absolute Gasteiger partial charge is 0.250 e. The van der Waals surface area contributed by atoms with Crippen molar-refractivity contribution in [1.82, 2.24) is 15.0 Å². The van der Waals surface area contributed by atoms with Gasteiger partial charge in [0.05, 0.1) is 12.2 Å². The predicted octanol–water partition coefficient (Wildman–Crippen LogP) is 1.65. The summed E-state index contributed by atoms with van der Waals surface area (Å²) < 4.78 is 27.2.